The molecule has 0 fully saturated rings. The van der Waals surface area contributed by atoms with Gasteiger partial charge in [0.25, 0.3) is 0 Å². The fourth-order valence-corrected chi connectivity index (χ4v) is 3.09. The van der Waals surface area contributed by atoms with Crippen molar-refractivity contribution < 1.29 is 21.1 Å². The minimum atomic E-state index is -0.168. The summed E-state index contributed by atoms with van der Waals surface area (Å²) in [5.41, 5.74) is 3.55. The normalized spacial score (nSPS) is 11.1. The molecule has 0 spiro atoms. The van der Waals surface area contributed by atoms with E-state index in [4.69, 9.17) is 0 Å². The second-order valence-corrected chi connectivity index (χ2v) is 7.25. The van der Waals surface area contributed by atoms with Crippen LogP contribution in [0.4, 0.5) is 11.4 Å². The van der Waals surface area contributed by atoms with Crippen LogP contribution < -0.4 is 4.90 Å². The van der Waals surface area contributed by atoms with Gasteiger partial charge in [0.15, 0.2) is 0 Å². The topological polar surface area (TPSA) is 38.9 Å². The van der Waals surface area contributed by atoms with Gasteiger partial charge in [-0.2, -0.15) is 22.3 Å². The van der Waals surface area contributed by atoms with Crippen LogP contribution in [0.15, 0.2) is 73.3 Å². The zero-order chi connectivity index (χ0) is 18.9. The van der Waals surface area contributed by atoms with Gasteiger partial charge in [0.05, 0.1) is 0 Å². The van der Waals surface area contributed by atoms with Gasteiger partial charge in [-0.05, 0) is 44.3 Å². The number of hydrogen-bond acceptors (Lipinski definition) is 3. The van der Waals surface area contributed by atoms with Gasteiger partial charge in [-0.1, -0.05) is 11.4 Å². The predicted molar refractivity (Wildman–Crippen MR) is 107 cm³/mol. The molecule has 4 aromatic rings. The summed E-state index contributed by atoms with van der Waals surface area (Å²) in [6.07, 6.45) is 7.37. The molecular weight excluding hydrogens is 529 g/mol. The van der Waals surface area contributed by atoms with E-state index < -0.39 is 0 Å². The smallest absolute Gasteiger partial charge is 0.383 e. The zero-order valence-corrected chi connectivity index (χ0v) is 18.3. The molecule has 0 saturated carbocycles. The monoisotopic (exact) mass is 550 g/mol. The molecular formula is C22H21N5Pt. The number of benzene rings is 2. The summed E-state index contributed by atoms with van der Waals surface area (Å²) in [4.78, 5) is 2.23. The molecule has 6 heteroatoms. The number of hydrogen-bond donors (Lipinski definition) is 0. The third-order valence-electron chi connectivity index (χ3n) is 4.18. The number of anilines is 2. The summed E-state index contributed by atoms with van der Waals surface area (Å²) >= 11 is 0. The van der Waals surface area contributed by atoms with Crippen molar-refractivity contribution in [3.63, 3.8) is 0 Å². The van der Waals surface area contributed by atoms with Crippen molar-refractivity contribution in [2.24, 2.45) is 0 Å². The summed E-state index contributed by atoms with van der Waals surface area (Å²) in [5, 5.41) is 8.63. The van der Waals surface area contributed by atoms with Crippen molar-refractivity contribution in [3.05, 3.63) is 85.5 Å². The Bertz CT molecular complexity index is 940. The van der Waals surface area contributed by atoms with E-state index in [2.05, 4.69) is 60.1 Å². The first-order valence-electron chi connectivity index (χ1n) is 8.87. The summed E-state index contributed by atoms with van der Waals surface area (Å²) in [6, 6.07) is 23.0. The molecule has 0 amide bonds. The average molecular weight is 551 g/mol. The van der Waals surface area contributed by atoms with E-state index in [1.54, 1.807) is 12.4 Å². The molecule has 0 unspecified atom stereocenters. The summed E-state index contributed by atoms with van der Waals surface area (Å²) in [5.74, 6) is 0. The Labute approximate surface area is 179 Å². The van der Waals surface area contributed by atoms with Gasteiger partial charge in [-0.3, -0.25) is 9.36 Å². The van der Waals surface area contributed by atoms with Gasteiger partial charge in [-0.25, -0.2) is 0 Å². The van der Waals surface area contributed by atoms with E-state index in [-0.39, 0.29) is 26.6 Å². The van der Waals surface area contributed by atoms with E-state index in [9.17, 15) is 0 Å². The molecule has 0 aliphatic rings. The molecule has 0 bridgehead atoms. The molecule has 144 valence electrons. The number of nitrogens with zero attached hydrogens (tertiary/aromatic N) is 5. The van der Waals surface area contributed by atoms with Gasteiger partial charge >= 0.3 is 21.1 Å². The molecule has 28 heavy (non-hydrogen) atoms. The first kappa shape index (κ1) is 20.1. The van der Waals surface area contributed by atoms with E-state index in [0.717, 1.165) is 22.7 Å². The van der Waals surface area contributed by atoms with Crippen molar-refractivity contribution in [2.75, 3.05) is 4.90 Å². The van der Waals surface area contributed by atoms with Gasteiger partial charge in [-0.15, -0.1) is 36.4 Å². The Morgan fingerprint density at radius 2 is 1.21 bits per heavy atom. The maximum absolute atomic E-state index is 4.32. The molecule has 0 aliphatic carbocycles. The SMILES string of the molecule is CC(C)(C)N(c1[c-]c(-n2cccn2)ccc1)c1[c-]c(-n2cccn2)ccc1.[Pt+2]. The third kappa shape index (κ3) is 4.10. The van der Waals surface area contributed by atoms with Crippen LogP contribution in [0.2, 0.25) is 0 Å². The van der Waals surface area contributed by atoms with E-state index in [1.165, 1.54) is 0 Å². The predicted octanol–water partition coefficient (Wildman–Crippen LogP) is 4.59. The molecule has 2 heterocycles. The number of aromatic nitrogens is 4. The third-order valence-corrected chi connectivity index (χ3v) is 4.18. The second-order valence-electron chi connectivity index (χ2n) is 7.25. The molecule has 5 nitrogen and oxygen atoms in total. The standard InChI is InChI=1S/C22H21N5.Pt/c1-22(2,3)27(20-10-4-8-18(16-20)25-14-6-12-23-25)21-11-5-9-19(17-21)26-15-7-13-24-26;/h4-15H,1-3H3;/q-2;+2. The molecule has 0 saturated heterocycles. The van der Waals surface area contributed by atoms with Crippen molar-refractivity contribution in [1.29, 1.82) is 0 Å². The van der Waals surface area contributed by atoms with Gasteiger partial charge in [0, 0.05) is 30.3 Å². The van der Waals surface area contributed by atoms with Crippen LogP contribution in [0.5, 0.6) is 0 Å². The van der Waals surface area contributed by atoms with Crippen molar-refractivity contribution in [2.45, 2.75) is 26.3 Å². The Hall–Kier alpha value is -2.65. The Morgan fingerprint density at radius 1 is 0.750 bits per heavy atom. The largest absolute Gasteiger partial charge is 2.00 e. The summed E-state index contributed by atoms with van der Waals surface area (Å²) < 4.78 is 3.63. The Morgan fingerprint density at radius 3 is 1.57 bits per heavy atom. The van der Waals surface area contributed by atoms with Crippen molar-refractivity contribution in [3.8, 4) is 11.4 Å². The molecule has 0 N–H and O–H groups in total. The molecule has 2 aromatic carbocycles. The van der Waals surface area contributed by atoms with Crippen LogP contribution in [-0.2, 0) is 21.1 Å². The fraction of sp³-hybridized carbons (Fsp3) is 0.182. The number of rotatable bonds is 4. The zero-order valence-electron chi connectivity index (χ0n) is 16.0. The van der Waals surface area contributed by atoms with Gasteiger partial charge in [0.2, 0.25) is 0 Å². The fourth-order valence-electron chi connectivity index (χ4n) is 3.09. The van der Waals surface area contributed by atoms with Crippen LogP contribution in [-0.4, -0.2) is 25.1 Å². The maximum atomic E-state index is 4.32. The van der Waals surface area contributed by atoms with Gasteiger partial charge < -0.3 is 4.90 Å². The minimum Gasteiger partial charge on any atom is -0.383 e. The van der Waals surface area contributed by atoms with Crippen LogP contribution >= 0.6 is 0 Å². The molecule has 0 aliphatic heterocycles. The quantitative estimate of drug-likeness (QED) is 0.349. The Kier molecular flexibility index (Phi) is 5.85. The van der Waals surface area contributed by atoms with Crippen LogP contribution in [0, 0.1) is 12.1 Å². The molecule has 0 atom stereocenters. The van der Waals surface area contributed by atoms with Gasteiger partial charge in [0.1, 0.15) is 0 Å². The second kappa shape index (κ2) is 8.15. The minimum absolute atomic E-state index is 0. The first-order valence-corrected chi connectivity index (χ1v) is 8.87. The van der Waals surface area contributed by atoms with Crippen LogP contribution in [0.1, 0.15) is 20.8 Å². The Balaban J connectivity index is 0.00000225. The molecule has 4 rings (SSSR count). The van der Waals surface area contributed by atoms with Crippen molar-refractivity contribution >= 4 is 11.4 Å². The average Bonchev–Trinajstić information content (AvgIpc) is 3.35. The van der Waals surface area contributed by atoms with E-state index in [0.29, 0.717) is 0 Å². The van der Waals surface area contributed by atoms with Crippen molar-refractivity contribution in [1.82, 2.24) is 19.6 Å². The summed E-state index contributed by atoms with van der Waals surface area (Å²) in [7, 11) is 0. The molecule has 2 aromatic heterocycles. The summed E-state index contributed by atoms with van der Waals surface area (Å²) in [6.45, 7) is 6.53. The first-order chi connectivity index (χ1) is 13.0. The van der Waals surface area contributed by atoms with Crippen LogP contribution in [0.25, 0.3) is 11.4 Å². The van der Waals surface area contributed by atoms with Crippen LogP contribution in [0.3, 0.4) is 0 Å². The van der Waals surface area contributed by atoms with E-state index in [1.807, 2.05) is 58.2 Å². The maximum Gasteiger partial charge on any atom is 2.00 e. The molecule has 0 radical (unpaired) electrons. The van der Waals surface area contributed by atoms with E-state index >= 15 is 0 Å².